The van der Waals surface area contributed by atoms with Gasteiger partial charge >= 0.3 is 0 Å². The van der Waals surface area contributed by atoms with Gasteiger partial charge in [-0.2, -0.15) is 0 Å². The summed E-state index contributed by atoms with van der Waals surface area (Å²) in [5.41, 5.74) is 0. The first-order valence-electron chi connectivity index (χ1n) is 3.22. The standard InChI is InChI=1S/C6H11NO3/c1-10-5-2-4(3-8)7-6(5)9/h4-5,8H,2-3H2,1H3,(H,7,9)/t4-,5?/m0/s1. The second kappa shape index (κ2) is 2.98. The molecule has 0 aromatic heterocycles. The van der Waals surface area contributed by atoms with Gasteiger partial charge in [-0.05, 0) is 0 Å². The molecule has 1 rings (SSSR count). The zero-order chi connectivity index (χ0) is 7.56. The van der Waals surface area contributed by atoms with Crippen LogP contribution < -0.4 is 5.32 Å². The van der Waals surface area contributed by atoms with E-state index in [4.69, 9.17) is 9.84 Å². The van der Waals surface area contributed by atoms with Crippen LogP contribution >= 0.6 is 0 Å². The fourth-order valence-electron chi connectivity index (χ4n) is 1.04. The first-order valence-corrected chi connectivity index (χ1v) is 3.22. The van der Waals surface area contributed by atoms with Crippen LogP contribution in [0.3, 0.4) is 0 Å². The Hall–Kier alpha value is -0.610. The van der Waals surface area contributed by atoms with Crippen LogP contribution in [0.1, 0.15) is 6.42 Å². The van der Waals surface area contributed by atoms with Crippen LogP contribution in [0.15, 0.2) is 0 Å². The van der Waals surface area contributed by atoms with E-state index < -0.39 is 0 Å². The average Bonchev–Trinajstić information content (AvgIpc) is 2.30. The van der Waals surface area contributed by atoms with Crippen molar-refractivity contribution in [1.82, 2.24) is 5.32 Å². The van der Waals surface area contributed by atoms with Crippen LogP contribution in [0.4, 0.5) is 0 Å². The molecule has 58 valence electrons. The summed E-state index contributed by atoms with van der Waals surface area (Å²) >= 11 is 0. The van der Waals surface area contributed by atoms with Crippen molar-refractivity contribution in [2.45, 2.75) is 18.6 Å². The summed E-state index contributed by atoms with van der Waals surface area (Å²) in [6, 6.07) is -0.113. The Bertz CT molecular complexity index is 137. The molecule has 0 aromatic carbocycles. The second-order valence-corrected chi connectivity index (χ2v) is 2.35. The lowest BCUT2D eigenvalue weighted by Crippen LogP contribution is -2.29. The van der Waals surface area contributed by atoms with Gasteiger partial charge in [-0.15, -0.1) is 0 Å². The van der Waals surface area contributed by atoms with Crippen LogP contribution in [0, 0.1) is 0 Å². The number of hydrogen-bond acceptors (Lipinski definition) is 3. The predicted octanol–water partition coefficient (Wildman–Crippen LogP) is -1.12. The van der Waals surface area contributed by atoms with Gasteiger partial charge in [0.05, 0.1) is 12.6 Å². The monoisotopic (exact) mass is 145 g/mol. The molecule has 1 unspecified atom stereocenters. The van der Waals surface area contributed by atoms with Gasteiger partial charge < -0.3 is 15.2 Å². The summed E-state index contributed by atoms with van der Waals surface area (Å²) in [7, 11) is 1.49. The molecule has 0 spiro atoms. The molecular weight excluding hydrogens is 134 g/mol. The van der Waals surface area contributed by atoms with Gasteiger partial charge in [-0.3, -0.25) is 4.79 Å². The van der Waals surface area contributed by atoms with E-state index in [1.165, 1.54) is 7.11 Å². The lowest BCUT2D eigenvalue weighted by atomic mass is 10.2. The molecule has 1 saturated heterocycles. The molecule has 4 nitrogen and oxygen atoms in total. The zero-order valence-electron chi connectivity index (χ0n) is 5.83. The quantitative estimate of drug-likeness (QED) is 0.517. The van der Waals surface area contributed by atoms with Crippen molar-refractivity contribution >= 4 is 5.91 Å². The normalized spacial score (nSPS) is 32.4. The van der Waals surface area contributed by atoms with Gasteiger partial charge in [0, 0.05) is 13.5 Å². The van der Waals surface area contributed by atoms with Crippen LogP contribution in [0.5, 0.6) is 0 Å². The largest absolute Gasteiger partial charge is 0.394 e. The number of carbonyl (C=O) groups excluding carboxylic acids is 1. The van der Waals surface area contributed by atoms with Crippen LogP contribution in [-0.2, 0) is 9.53 Å². The number of amides is 1. The van der Waals surface area contributed by atoms with Gasteiger partial charge in [-0.25, -0.2) is 0 Å². The number of hydrogen-bond donors (Lipinski definition) is 2. The van der Waals surface area contributed by atoms with Crippen LogP contribution in [-0.4, -0.2) is 36.9 Å². The SMILES string of the molecule is COC1C[C@@H](CO)NC1=O. The van der Waals surface area contributed by atoms with E-state index in [1.54, 1.807) is 0 Å². The van der Waals surface area contributed by atoms with Crippen molar-refractivity contribution in [3.05, 3.63) is 0 Å². The summed E-state index contributed by atoms with van der Waals surface area (Å²) in [6.07, 6.45) is 0.211. The highest BCUT2D eigenvalue weighted by molar-refractivity contribution is 5.83. The second-order valence-electron chi connectivity index (χ2n) is 2.35. The maximum Gasteiger partial charge on any atom is 0.249 e. The minimum Gasteiger partial charge on any atom is -0.394 e. The number of ether oxygens (including phenoxy) is 1. The van der Waals surface area contributed by atoms with Gasteiger partial charge in [0.25, 0.3) is 0 Å². The third-order valence-electron chi connectivity index (χ3n) is 1.64. The maximum atomic E-state index is 10.8. The zero-order valence-corrected chi connectivity index (χ0v) is 5.83. The third-order valence-corrected chi connectivity index (χ3v) is 1.64. The smallest absolute Gasteiger partial charge is 0.249 e. The molecule has 0 saturated carbocycles. The third kappa shape index (κ3) is 1.27. The highest BCUT2D eigenvalue weighted by Crippen LogP contribution is 2.09. The van der Waals surface area contributed by atoms with E-state index in [1.807, 2.05) is 0 Å². The van der Waals surface area contributed by atoms with Crippen molar-refractivity contribution in [2.24, 2.45) is 0 Å². The molecule has 10 heavy (non-hydrogen) atoms. The number of carbonyl (C=O) groups is 1. The topological polar surface area (TPSA) is 58.6 Å². The first-order chi connectivity index (χ1) is 4.77. The summed E-state index contributed by atoms with van der Waals surface area (Å²) in [5, 5.41) is 11.2. The molecule has 1 aliphatic rings. The van der Waals surface area contributed by atoms with E-state index in [0.717, 1.165) is 0 Å². The van der Waals surface area contributed by atoms with Crippen molar-refractivity contribution in [3.63, 3.8) is 0 Å². The highest BCUT2D eigenvalue weighted by atomic mass is 16.5. The molecular formula is C6H11NO3. The summed E-state index contributed by atoms with van der Waals surface area (Å²) in [6.45, 7) is -0.00833. The van der Waals surface area contributed by atoms with E-state index >= 15 is 0 Å². The Balaban J connectivity index is 2.44. The van der Waals surface area contributed by atoms with Gasteiger partial charge in [-0.1, -0.05) is 0 Å². The number of aliphatic hydroxyl groups is 1. The Morgan fingerprint density at radius 2 is 2.60 bits per heavy atom. The molecule has 1 heterocycles. The summed E-state index contributed by atoms with van der Waals surface area (Å²) in [5.74, 6) is -0.124. The molecule has 0 radical (unpaired) electrons. The molecule has 0 aromatic rings. The number of methoxy groups -OCH3 is 1. The van der Waals surface area contributed by atoms with Crippen molar-refractivity contribution in [1.29, 1.82) is 0 Å². The Kier molecular flexibility index (Phi) is 2.24. The van der Waals surface area contributed by atoms with Crippen molar-refractivity contribution < 1.29 is 14.6 Å². The van der Waals surface area contributed by atoms with Crippen molar-refractivity contribution in [3.8, 4) is 0 Å². The lowest BCUT2D eigenvalue weighted by molar-refractivity contribution is -0.127. The number of nitrogens with one attached hydrogen (secondary N) is 1. The van der Waals surface area contributed by atoms with Crippen LogP contribution in [0.25, 0.3) is 0 Å². The summed E-state index contributed by atoms with van der Waals surface area (Å²) in [4.78, 5) is 10.8. The van der Waals surface area contributed by atoms with Crippen LogP contribution in [0.2, 0.25) is 0 Å². The lowest BCUT2D eigenvalue weighted by Gasteiger charge is -2.02. The number of aliphatic hydroxyl groups excluding tert-OH is 1. The van der Waals surface area contributed by atoms with Gasteiger partial charge in [0.15, 0.2) is 0 Å². The summed E-state index contributed by atoms with van der Waals surface area (Å²) < 4.78 is 4.83. The Labute approximate surface area is 59.2 Å². The minimum atomic E-state index is -0.364. The fourth-order valence-corrected chi connectivity index (χ4v) is 1.04. The molecule has 4 heteroatoms. The number of rotatable bonds is 2. The predicted molar refractivity (Wildman–Crippen MR) is 34.4 cm³/mol. The fraction of sp³-hybridized carbons (Fsp3) is 0.833. The van der Waals surface area contributed by atoms with Gasteiger partial charge in [0.1, 0.15) is 6.10 Å². The molecule has 1 aliphatic heterocycles. The van der Waals surface area contributed by atoms with E-state index in [-0.39, 0.29) is 24.7 Å². The highest BCUT2D eigenvalue weighted by Gasteiger charge is 2.30. The molecule has 1 fully saturated rings. The molecule has 2 atom stereocenters. The Morgan fingerprint density at radius 3 is 2.90 bits per heavy atom. The molecule has 0 bridgehead atoms. The van der Waals surface area contributed by atoms with Gasteiger partial charge in [0.2, 0.25) is 5.91 Å². The first kappa shape index (κ1) is 7.50. The van der Waals surface area contributed by atoms with Crippen molar-refractivity contribution in [2.75, 3.05) is 13.7 Å². The Morgan fingerprint density at radius 1 is 1.90 bits per heavy atom. The minimum absolute atomic E-state index is 0.00833. The molecule has 0 aliphatic carbocycles. The van der Waals surface area contributed by atoms with E-state index in [9.17, 15) is 4.79 Å². The average molecular weight is 145 g/mol. The molecule has 2 N–H and O–H groups in total. The molecule has 1 amide bonds. The van der Waals surface area contributed by atoms with E-state index in [2.05, 4.69) is 5.32 Å². The van der Waals surface area contributed by atoms with E-state index in [0.29, 0.717) is 6.42 Å². The maximum absolute atomic E-state index is 10.8.